The lowest BCUT2D eigenvalue weighted by atomic mass is 10.1. The molecule has 1 heterocycles. The second kappa shape index (κ2) is 6.08. The molecule has 1 fully saturated rings. The standard InChI is InChI=1S/C18H16FN5O/c1-11-5-6-13(10-16(11)19)18(25)20-14-4-2-3-12(9-14)17-21-22-23-24(17)15-7-8-15/h2-6,9-10,15H,7-8H2,1H3,(H,20,25). The van der Waals surface area contributed by atoms with E-state index in [1.807, 2.05) is 22.9 Å². The number of tetrazole rings is 1. The number of rotatable bonds is 4. The minimum absolute atomic E-state index is 0.274. The molecule has 1 aliphatic rings. The fourth-order valence-electron chi connectivity index (χ4n) is 2.62. The van der Waals surface area contributed by atoms with E-state index in [0.717, 1.165) is 18.4 Å². The average Bonchev–Trinajstić information content (AvgIpc) is 3.34. The number of aromatic nitrogens is 4. The summed E-state index contributed by atoms with van der Waals surface area (Å²) < 4.78 is 15.5. The summed E-state index contributed by atoms with van der Waals surface area (Å²) in [4.78, 5) is 12.3. The van der Waals surface area contributed by atoms with Crippen LogP contribution in [0.4, 0.5) is 10.1 Å². The molecule has 3 aromatic rings. The van der Waals surface area contributed by atoms with Gasteiger partial charge in [0.05, 0.1) is 6.04 Å². The minimum Gasteiger partial charge on any atom is -0.322 e. The number of hydrogen-bond acceptors (Lipinski definition) is 4. The number of halogens is 1. The molecule has 1 N–H and O–H groups in total. The first kappa shape index (κ1) is 15.4. The smallest absolute Gasteiger partial charge is 0.255 e. The molecule has 0 unspecified atom stereocenters. The van der Waals surface area contributed by atoms with Gasteiger partial charge < -0.3 is 5.32 Å². The number of carbonyl (C=O) groups is 1. The Morgan fingerprint density at radius 3 is 2.84 bits per heavy atom. The second-order valence-corrected chi connectivity index (χ2v) is 6.18. The number of nitrogens with zero attached hydrogens (tertiary/aromatic N) is 4. The highest BCUT2D eigenvalue weighted by atomic mass is 19.1. The third-order valence-corrected chi connectivity index (χ3v) is 4.20. The van der Waals surface area contributed by atoms with Gasteiger partial charge in [0.2, 0.25) is 0 Å². The molecule has 1 saturated carbocycles. The van der Waals surface area contributed by atoms with Crippen LogP contribution in [0.5, 0.6) is 0 Å². The summed E-state index contributed by atoms with van der Waals surface area (Å²) in [6, 6.07) is 12.1. The number of amides is 1. The van der Waals surface area contributed by atoms with Crippen LogP contribution in [-0.2, 0) is 0 Å². The van der Waals surface area contributed by atoms with Gasteiger partial charge in [0.15, 0.2) is 5.82 Å². The van der Waals surface area contributed by atoms with Crippen molar-refractivity contribution in [1.82, 2.24) is 20.2 Å². The highest BCUT2D eigenvalue weighted by Gasteiger charge is 2.28. The number of nitrogens with one attached hydrogen (secondary N) is 1. The number of benzene rings is 2. The van der Waals surface area contributed by atoms with E-state index < -0.39 is 5.82 Å². The third-order valence-electron chi connectivity index (χ3n) is 4.20. The highest BCUT2D eigenvalue weighted by molar-refractivity contribution is 6.04. The van der Waals surface area contributed by atoms with Gasteiger partial charge in [-0.3, -0.25) is 4.79 Å². The van der Waals surface area contributed by atoms with E-state index in [9.17, 15) is 9.18 Å². The van der Waals surface area contributed by atoms with E-state index in [2.05, 4.69) is 20.8 Å². The fraction of sp³-hybridized carbons (Fsp3) is 0.222. The van der Waals surface area contributed by atoms with Crippen molar-refractivity contribution in [3.63, 3.8) is 0 Å². The molecule has 6 nitrogen and oxygen atoms in total. The summed E-state index contributed by atoms with van der Waals surface area (Å²) in [5.74, 6) is -0.0807. The van der Waals surface area contributed by atoms with Crippen molar-refractivity contribution in [1.29, 1.82) is 0 Å². The van der Waals surface area contributed by atoms with Gasteiger partial charge in [0.1, 0.15) is 5.82 Å². The van der Waals surface area contributed by atoms with Gasteiger partial charge >= 0.3 is 0 Å². The Kier molecular flexibility index (Phi) is 3.76. The van der Waals surface area contributed by atoms with Crippen LogP contribution in [-0.4, -0.2) is 26.1 Å². The maximum absolute atomic E-state index is 13.6. The summed E-state index contributed by atoms with van der Waals surface area (Å²) in [5.41, 5.74) is 2.21. The molecule has 126 valence electrons. The van der Waals surface area contributed by atoms with Crippen LogP contribution < -0.4 is 5.32 Å². The zero-order chi connectivity index (χ0) is 17.4. The molecular weight excluding hydrogens is 321 g/mol. The molecule has 7 heteroatoms. The molecule has 0 aliphatic heterocycles. The van der Waals surface area contributed by atoms with E-state index in [4.69, 9.17) is 0 Å². The first-order chi connectivity index (χ1) is 12.1. The Hall–Kier alpha value is -3.09. The fourth-order valence-corrected chi connectivity index (χ4v) is 2.62. The van der Waals surface area contributed by atoms with E-state index in [-0.39, 0.29) is 11.5 Å². The SMILES string of the molecule is Cc1ccc(C(=O)Nc2cccc(-c3nnnn3C3CC3)c2)cc1F. The van der Waals surface area contributed by atoms with Crippen LogP contribution >= 0.6 is 0 Å². The summed E-state index contributed by atoms with van der Waals surface area (Å²) in [6.07, 6.45) is 2.15. The van der Waals surface area contributed by atoms with Crippen LogP contribution in [0.15, 0.2) is 42.5 Å². The summed E-state index contributed by atoms with van der Waals surface area (Å²) in [7, 11) is 0. The van der Waals surface area contributed by atoms with Crippen LogP contribution in [0.3, 0.4) is 0 Å². The van der Waals surface area contributed by atoms with Crippen molar-refractivity contribution >= 4 is 11.6 Å². The predicted octanol–water partition coefficient (Wildman–Crippen LogP) is 3.37. The van der Waals surface area contributed by atoms with Crippen molar-refractivity contribution in [2.45, 2.75) is 25.8 Å². The van der Waals surface area contributed by atoms with E-state index in [1.165, 1.54) is 6.07 Å². The predicted molar refractivity (Wildman–Crippen MR) is 90.6 cm³/mol. The first-order valence-electron chi connectivity index (χ1n) is 8.07. The minimum atomic E-state index is -0.398. The Morgan fingerprint density at radius 2 is 2.08 bits per heavy atom. The molecular formula is C18H16FN5O. The molecule has 1 aromatic heterocycles. The summed E-state index contributed by atoms with van der Waals surface area (Å²) >= 11 is 0. The van der Waals surface area contributed by atoms with Crippen LogP contribution in [0.1, 0.15) is 34.8 Å². The van der Waals surface area contributed by atoms with Gasteiger partial charge in [-0.2, -0.15) is 0 Å². The van der Waals surface area contributed by atoms with Gasteiger partial charge in [-0.1, -0.05) is 18.2 Å². The summed E-state index contributed by atoms with van der Waals surface area (Å²) in [5, 5.41) is 14.7. The summed E-state index contributed by atoms with van der Waals surface area (Å²) in [6.45, 7) is 1.66. The molecule has 1 amide bonds. The molecule has 0 saturated heterocycles. The Morgan fingerprint density at radius 1 is 1.24 bits per heavy atom. The lowest BCUT2D eigenvalue weighted by molar-refractivity contribution is 0.102. The Labute approximate surface area is 143 Å². The third kappa shape index (κ3) is 3.13. The maximum Gasteiger partial charge on any atom is 0.255 e. The molecule has 25 heavy (non-hydrogen) atoms. The van der Waals surface area contributed by atoms with Gasteiger partial charge in [-0.05, 0) is 60.0 Å². The van der Waals surface area contributed by atoms with Gasteiger partial charge in [-0.25, -0.2) is 9.07 Å². The second-order valence-electron chi connectivity index (χ2n) is 6.18. The van der Waals surface area contributed by atoms with Crippen molar-refractivity contribution in [2.75, 3.05) is 5.32 Å². The Balaban J connectivity index is 1.58. The van der Waals surface area contributed by atoms with E-state index in [1.54, 1.807) is 25.1 Å². The molecule has 4 rings (SSSR count). The number of hydrogen-bond donors (Lipinski definition) is 1. The van der Waals surface area contributed by atoms with Gasteiger partial charge in [0.25, 0.3) is 5.91 Å². The zero-order valence-electron chi connectivity index (χ0n) is 13.6. The van der Waals surface area contributed by atoms with Crippen molar-refractivity contribution in [3.05, 3.63) is 59.4 Å². The molecule has 1 aliphatic carbocycles. The molecule has 0 spiro atoms. The van der Waals surface area contributed by atoms with Gasteiger partial charge in [-0.15, -0.1) is 5.10 Å². The lowest BCUT2D eigenvalue weighted by Gasteiger charge is -2.08. The maximum atomic E-state index is 13.6. The van der Waals surface area contributed by atoms with Crippen molar-refractivity contribution in [2.24, 2.45) is 0 Å². The van der Waals surface area contributed by atoms with Gasteiger partial charge in [0, 0.05) is 16.8 Å². The van der Waals surface area contributed by atoms with Crippen LogP contribution in [0, 0.1) is 12.7 Å². The highest BCUT2D eigenvalue weighted by Crippen LogP contribution is 2.36. The van der Waals surface area contributed by atoms with Crippen molar-refractivity contribution in [3.8, 4) is 11.4 Å². The topological polar surface area (TPSA) is 72.7 Å². The first-order valence-corrected chi connectivity index (χ1v) is 8.07. The largest absolute Gasteiger partial charge is 0.322 e. The van der Waals surface area contributed by atoms with Crippen LogP contribution in [0.2, 0.25) is 0 Å². The molecule has 0 atom stereocenters. The van der Waals surface area contributed by atoms with Crippen molar-refractivity contribution < 1.29 is 9.18 Å². The number of carbonyl (C=O) groups excluding carboxylic acids is 1. The van der Waals surface area contributed by atoms with Crippen LogP contribution in [0.25, 0.3) is 11.4 Å². The zero-order valence-corrected chi connectivity index (χ0v) is 13.6. The lowest BCUT2D eigenvalue weighted by Crippen LogP contribution is -2.12. The number of anilines is 1. The normalized spacial score (nSPS) is 13.7. The monoisotopic (exact) mass is 337 g/mol. The number of aryl methyl sites for hydroxylation is 1. The van der Waals surface area contributed by atoms with E-state index >= 15 is 0 Å². The average molecular weight is 337 g/mol. The van der Waals surface area contributed by atoms with E-state index in [0.29, 0.717) is 23.1 Å². The molecule has 0 radical (unpaired) electrons. The molecule has 2 aromatic carbocycles. The Bertz CT molecular complexity index is 948. The quantitative estimate of drug-likeness (QED) is 0.792. The molecule has 0 bridgehead atoms.